The molecule has 0 saturated heterocycles. The summed E-state index contributed by atoms with van der Waals surface area (Å²) >= 11 is 1.37. The Morgan fingerprint density at radius 2 is 1.80 bits per heavy atom. The van der Waals surface area contributed by atoms with Crippen molar-refractivity contribution in [3.05, 3.63) is 87.9 Å². The minimum absolute atomic E-state index is 0.0253. The summed E-state index contributed by atoms with van der Waals surface area (Å²) in [6.45, 7) is 5.00. The van der Waals surface area contributed by atoms with Crippen LogP contribution in [0.3, 0.4) is 0 Å². The van der Waals surface area contributed by atoms with E-state index in [0.717, 1.165) is 5.56 Å². The fourth-order valence-corrected chi connectivity index (χ4v) is 3.66. The molecule has 156 valence electrons. The van der Waals surface area contributed by atoms with Crippen LogP contribution in [0, 0.1) is 11.7 Å². The molecule has 1 heterocycles. The van der Waals surface area contributed by atoms with Gasteiger partial charge in [0.25, 0.3) is 5.91 Å². The predicted molar refractivity (Wildman–Crippen MR) is 119 cm³/mol. The first-order chi connectivity index (χ1) is 14.4. The zero-order chi connectivity index (χ0) is 21.5. The van der Waals surface area contributed by atoms with Gasteiger partial charge in [-0.15, -0.1) is 11.3 Å². The molecule has 0 radical (unpaired) electrons. The summed E-state index contributed by atoms with van der Waals surface area (Å²) in [6, 6.07) is 17.2. The Morgan fingerprint density at radius 1 is 1.03 bits per heavy atom. The lowest BCUT2D eigenvalue weighted by atomic mass is 10.1. The molecule has 0 aliphatic heterocycles. The van der Waals surface area contributed by atoms with Crippen LogP contribution in [0.25, 0.3) is 0 Å². The van der Waals surface area contributed by atoms with E-state index in [2.05, 4.69) is 5.32 Å². The molecule has 0 spiro atoms. The van der Waals surface area contributed by atoms with E-state index < -0.39 is 0 Å². The molecule has 0 saturated carbocycles. The molecule has 2 aromatic carbocycles. The lowest BCUT2D eigenvalue weighted by Crippen LogP contribution is -2.30. The van der Waals surface area contributed by atoms with Crippen LogP contribution in [0.4, 0.5) is 10.1 Å². The molecule has 1 aromatic heterocycles. The van der Waals surface area contributed by atoms with Gasteiger partial charge >= 0.3 is 0 Å². The second-order valence-electron chi connectivity index (χ2n) is 7.54. The highest BCUT2D eigenvalue weighted by molar-refractivity contribution is 7.12. The molecule has 4 nitrogen and oxygen atoms in total. The smallest absolute Gasteiger partial charge is 0.268 e. The number of hydrogen-bond donors (Lipinski definition) is 1. The van der Waals surface area contributed by atoms with E-state index >= 15 is 0 Å². The second kappa shape index (κ2) is 10.2. The highest BCUT2D eigenvalue weighted by Crippen LogP contribution is 2.23. The Hall–Kier alpha value is -2.99. The number of hydrogen-bond acceptors (Lipinski definition) is 3. The number of rotatable bonds is 8. The fourth-order valence-electron chi connectivity index (χ4n) is 2.99. The summed E-state index contributed by atoms with van der Waals surface area (Å²) in [6.07, 6.45) is 0.287. The number of carbonyl (C=O) groups is 2. The van der Waals surface area contributed by atoms with Gasteiger partial charge in [0.15, 0.2) is 0 Å². The lowest BCUT2D eigenvalue weighted by Gasteiger charge is -2.23. The average Bonchev–Trinajstić information content (AvgIpc) is 3.26. The van der Waals surface area contributed by atoms with Gasteiger partial charge in [0.05, 0.1) is 17.8 Å². The van der Waals surface area contributed by atoms with E-state index in [0.29, 0.717) is 28.6 Å². The molecule has 2 amide bonds. The molecular formula is C24H25FN2O2S. The van der Waals surface area contributed by atoms with Crippen molar-refractivity contribution in [1.82, 2.24) is 5.32 Å². The molecule has 0 fully saturated rings. The summed E-state index contributed by atoms with van der Waals surface area (Å²) in [7, 11) is 0. The molecule has 6 heteroatoms. The molecule has 0 aliphatic rings. The van der Waals surface area contributed by atoms with Gasteiger partial charge in [-0.2, -0.15) is 0 Å². The largest absolute Gasteiger partial charge is 0.356 e. The van der Waals surface area contributed by atoms with Gasteiger partial charge in [-0.1, -0.05) is 44.2 Å². The van der Waals surface area contributed by atoms with Crippen molar-refractivity contribution >= 4 is 28.8 Å². The number of nitrogens with one attached hydrogen (secondary N) is 1. The maximum Gasteiger partial charge on any atom is 0.268 e. The number of thiophene rings is 1. The standard InChI is InChI=1S/C24H25FN2O2S/c1-17(2)15-26-23(28)14-18-8-10-21(11-9-18)27(24(29)22-7-4-12-30-22)16-19-5-3-6-20(25)13-19/h3-13,17H,14-16H2,1-2H3,(H,26,28). The summed E-state index contributed by atoms with van der Waals surface area (Å²) in [4.78, 5) is 27.4. The molecule has 0 bridgehead atoms. The van der Waals surface area contributed by atoms with Gasteiger partial charge in [0.1, 0.15) is 5.82 Å². The Balaban J connectivity index is 1.79. The van der Waals surface area contributed by atoms with Gasteiger partial charge in [0, 0.05) is 12.2 Å². The predicted octanol–water partition coefficient (Wildman–Crippen LogP) is 5.05. The average molecular weight is 425 g/mol. The van der Waals surface area contributed by atoms with E-state index in [-0.39, 0.29) is 30.6 Å². The third-order valence-corrected chi connectivity index (χ3v) is 5.38. The SMILES string of the molecule is CC(C)CNC(=O)Cc1ccc(N(Cc2cccc(F)c2)C(=O)c2cccs2)cc1. The van der Waals surface area contributed by atoms with Gasteiger partial charge in [0.2, 0.25) is 5.91 Å². The maximum absolute atomic E-state index is 13.6. The Labute approximate surface area is 180 Å². The third-order valence-electron chi connectivity index (χ3n) is 4.53. The van der Waals surface area contributed by atoms with Gasteiger partial charge in [-0.3, -0.25) is 9.59 Å². The third kappa shape index (κ3) is 6.00. The van der Waals surface area contributed by atoms with E-state index in [1.165, 1.54) is 23.5 Å². The first-order valence-electron chi connectivity index (χ1n) is 9.88. The van der Waals surface area contributed by atoms with Gasteiger partial charge in [-0.25, -0.2) is 4.39 Å². The van der Waals surface area contributed by atoms with Crippen LogP contribution in [-0.2, 0) is 17.8 Å². The fraction of sp³-hybridized carbons (Fsp3) is 0.250. The molecule has 3 rings (SSSR count). The quantitative estimate of drug-likeness (QED) is 0.550. The van der Waals surface area contributed by atoms with E-state index in [1.54, 1.807) is 23.1 Å². The van der Waals surface area contributed by atoms with Crippen molar-refractivity contribution in [2.24, 2.45) is 5.92 Å². The van der Waals surface area contributed by atoms with E-state index in [1.807, 2.05) is 49.6 Å². The Kier molecular flexibility index (Phi) is 7.36. The highest BCUT2D eigenvalue weighted by atomic mass is 32.1. The Morgan fingerprint density at radius 3 is 2.43 bits per heavy atom. The van der Waals surface area contributed by atoms with Crippen molar-refractivity contribution in [2.45, 2.75) is 26.8 Å². The first kappa shape index (κ1) is 21.7. The number of amides is 2. The zero-order valence-corrected chi connectivity index (χ0v) is 17.9. The topological polar surface area (TPSA) is 49.4 Å². The Bertz CT molecular complexity index is 985. The van der Waals surface area contributed by atoms with Crippen molar-refractivity contribution < 1.29 is 14.0 Å². The highest BCUT2D eigenvalue weighted by Gasteiger charge is 2.19. The van der Waals surface area contributed by atoms with Crippen molar-refractivity contribution in [3.63, 3.8) is 0 Å². The van der Waals surface area contributed by atoms with Crippen LogP contribution in [0.2, 0.25) is 0 Å². The molecular weight excluding hydrogens is 399 g/mol. The number of anilines is 1. The van der Waals surface area contributed by atoms with Gasteiger partial charge < -0.3 is 10.2 Å². The summed E-state index contributed by atoms with van der Waals surface area (Å²) in [5.41, 5.74) is 2.27. The van der Waals surface area contributed by atoms with Crippen LogP contribution < -0.4 is 10.2 Å². The normalized spacial score (nSPS) is 10.8. The molecule has 0 unspecified atom stereocenters. The molecule has 0 aliphatic carbocycles. The summed E-state index contributed by atoms with van der Waals surface area (Å²) < 4.78 is 13.6. The lowest BCUT2D eigenvalue weighted by molar-refractivity contribution is -0.120. The molecule has 3 aromatic rings. The van der Waals surface area contributed by atoms with Crippen LogP contribution >= 0.6 is 11.3 Å². The first-order valence-corrected chi connectivity index (χ1v) is 10.8. The minimum atomic E-state index is -0.334. The number of carbonyl (C=O) groups excluding carboxylic acids is 2. The van der Waals surface area contributed by atoms with Crippen LogP contribution in [-0.4, -0.2) is 18.4 Å². The molecule has 1 N–H and O–H groups in total. The van der Waals surface area contributed by atoms with E-state index in [9.17, 15) is 14.0 Å². The monoisotopic (exact) mass is 424 g/mol. The number of halogens is 1. The van der Waals surface area contributed by atoms with Crippen LogP contribution in [0.15, 0.2) is 66.0 Å². The van der Waals surface area contributed by atoms with Crippen molar-refractivity contribution in [2.75, 3.05) is 11.4 Å². The molecule has 0 atom stereocenters. The number of benzene rings is 2. The minimum Gasteiger partial charge on any atom is -0.356 e. The molecule has 30 heavy (non-hydrogen) atoms. The van der Waals surface area contributed by atoms with Crippen molar-refractivity contribution in [1.29, 1.82) is 0 Å². The number of nitrogens with zero attached hydrogens (tertiary/aromatic N) is 1. The van der Waals surface area contributed by atoms with Gasteiger partial charge in [-0.05, 0) is 52.8 Å². The zero-order valence-electron chi connectivity index (χ0n) is 17.1. The summed E-state index contributed by atoms with van der Waals surface area (Å²) in [5, 5.41) is 4.76. The maximum atomic E-state index is 13.6. The second-order valence-corrected chi connectivity index (χ2v) is 8.49. The van der Waals surface area contributed by atoms with Crippen molar-refractivity contribution in [3.8, 4) is 0 Å². The van der Waals surface area contributed by atoms with Crippen LogP contribution in [0.5, 0.6) is 0 Å². The van der Waals surface area contributed by atoms with E-state index in [4.69, 9.17) is 0 Å². The summed E-state index contributed by atoms with van der Waals surface area (Å²) in [5.74, 6) is -0.103. The van der Waals surface area contributed by atoms with Crippen LogP contribution in [0.1, 0.15) is 34.6 Å².